The minimum atomic E-state index is -2.61. The fourth-order valence-corrected chi connectivity index (χ4v) is 1.13. The van der Waals surface area contributed by atoms with E-state index in [4.69, 9.17) is 24.3 Å². The molecule has 0 aromatic heterocycles. The van der Waals surface area contributed by atoms with Gasteiger partial charge in [0.1, 0.15) is 0 Å². The molecular formula is C6H18O6P2. The molecule has 6 nitrogen and oxygen atoms in total. The third-order valence-corrected chi connectivity index (χ3v) is 1.86. The second-order valence-corrected chi connectivity index (χ2v) is 4.48. The van der Waals surface area contributed by atoms with Gasteiger partial charge in [0.25, 0.3) is 0 Å². The van der Waals surface area contributed by atoms with E-state index in [2.05, 4.69) is 4.31 Å². The predicted octanol–water partition coefficient (Wildman–Crippen LogP) is 1.25. The topological polar surface area (TPSA) is 99.4 Å². The highest BCUT2D eigenvalue weighted by molar-refractivity contribution is 7.53. The van der Waals surface area contributed by atoms with Gasteiger partial charge in [0.2, 0.25) is 0 Å². The Morgan fingerprint density at radius 3 is 1.07 bits per heavy atom. The second kappa shape index (κ2) is 10.1. The van der Waals surface area contributed by atoms with E-state index in [1.165, 1.54) is 0 Å². The molecule has 0 aromatic rings. The smallest absolute Gasteiger partial charge is 0.334 e. The molecule has 0 aliphatic heterocycles. The Morgan fingerprint density at radius 1 is 0.786 bits per heavy atom. The van der Waals surface area contributed by atoms with Crippen LogP contribution >= 0.6 is 17.2 Å². The minimum absolute atomic E-state index is 0.375. The maximum Gasteiger partial charge on any atom is 0.334 e. The highest BCUT2D eigenvalue weighted by Gasteiger charge is 2.05. The summed E-state index contributed by atoms with van der Waals surface area (Å²) in [6, 6.07) is 0. The summed E-state index contributed by atoms with van der Waals surface area (Å²) in [4.78, 5) is 31.3. The molecule has 0 spiro atoms. The quantitative estimate of drug-likeness (QED) is 0.559. The van der Waals surface area contributed by atoms with Crippen LogP contribution in [-0.4, -0.2) is 31.8 Å². The van der Waals surface area contributed by atoms with Gasteiger partial charge in [-0.25, -0.2) is 4.31 Å². The molecular weight excluding hydrogens is 230 g/mol. The van der Waals surface area contributed by atoms with Gasteiger partial charge in [0.15, 0.2) is 0 Å². The maximum atomic E-state index is 7.82. The monoisotopic (exact) mass is 248 g/mol. The standard InChI is InChI=1S/C6H14O.H4O5P2/c1-5(2)7-6(3)4;1-6(2)5-7(3)4/h5-6H,1-4H3;1-4H. The molecule has 0 atom stereocenters. The van der Waals surface area contributed by atoms with Crippen LogP contribution < -0.4 is 0 Å². The first-order chi connectivity index (χ1) is 6.25. The highest BCUT2D eigenvalue weighted by Crippen LogP contribution is 2.41. The van der Waals surface area contributed by atoms with E-state index in [1.807, 2.05) is 27.7 Å². The molecule has 8 heteroatoms. The number of ether oxygens (including phenoxy) is 1. The van der Waals surface area contributed by atoms with Gasteiger partial charge in [0.05, 0.1) is 12.2 Å². The minimum Gasteiger partial charge on any atom is -0.376 e. The van der Waals surface area contributed by atoms with Crippen LogP contribution in [0.15, 0.2) is 0 Å². The summed E-state index contributed by atoms with van der Waals surface area (Å²) in [6.07, 6.45) is 0.750. The Morgan fingerprint density at radius 2 is 1.07 bits per heavy atom. The van der Waals surface area contributed by atoms with Crippen molar-refractivity contribution in [3.63, 3.8) is 0 Å². The zero-order chi connectivity index (χ0) is 11.7. The SMILES string of the molecule is CC(C)OC(C)C.OP(O)OP(O)O. The van der Waals surface area contributed by atoms with Gasteiger partial charge >= 0.3 is 17.2 Å². The Labute approximate surface area is 86.5 Å². The molecule has 4 N–H and O–H groups in total. The second-order valence-electron chi connectivity index (χ2n) is 2.82. The van der Waals surface area contributed by atoms with Gasteiger partial charge in [-0.15, -0.1) is 0 Å². The third kappa shape index (κ3) is 22.9. The van der Waals surface area contributed by atoms with Crippen molar-refractivity contribution in [1.82, 2.24) is 0 Å². The zero-order valence-electron chi connectivity index (χ0n) is 8.65. The van der Waals surface area contributed by atoms with Crippen LogP contribution in [0, 0.1) is 0 Å². The van der Waals surface area contributed by atoms with Gasteiger partial charge in [-0.05, 0) is 27.7 Å². The summed E-state index contributed by atoms with van der Waals surface area (Å²) in [6.45, 7) is 8.17. The lowest BCUT2D eigenvalue weighted by atomic mass is 10.4. The molecule has 0 amide bonds. The molecule has 0 rings (SSSR count). The third-order valence-electron chi connectivity index (χ3n) is 0.690. The van der Waals surface area contributed by atoms with Gasteiger partial charge in [-0.2, -0.15) is 0 Å². The number of hydrogen-bond donors (Lipinski definition) is 4. The predicted molar refractivity (Wildman–Crippen MR) is 55.2 cm³/mol. The van der Waals surface area contributed by atoms with Crippen molar-refractivity contribution in [3.05, 3.63) is 0 Å². The average Bonchev–Trinajstić information content (AvgIpc) is 1.79. The van der Waals surface area contributed by atoms with Gasteiger partial charge in [-0.1, -0.05) is 0 Å². The van der Waals surface area contributed by atoms with Gasteiger partial charge in [0, 0.05) is 0 Å². The number of rotatable bonds is 4. The van der Waals surface area contributed by atoms with Crippen LogP contribution in [-0.2, 0) is 9.05 Å². The van der Waals surface area contributed by atoms with Gasteiger partial charge in [-0.3, -0.25) is 0 Å². The lowest BCUT2D eigenvalue weighted by Gasteiger charge is -2.09. The first-order valence-electron chi connectivity index (χ1n) is 3.95. The Kier molecular flexibility index (Phi) is 12.3. The van der Waals surface area contributed by atoms with Crippen LogP contribution in [0.25, 0.3) is 0 Å². The first-order valence-corrected chi connectivity index (χ1v) is 6.28. The molecule has 0 fully saturated rings. The van der Waals surface area contributed by atoms with E-state index in [0.29, 0.717) is 12.2 Å². The van der Waals surface area contributed by atoms with Crippen LogP contribution in [0.5, 0.6) is 0 Å². The highest BCUT2D eigenvalue weighted by atomic mass is 31.2. The molecule has 0 aliphatic carbocycles. The van der Waals surface area contributed by atoms with Crippen LogP contribution in [0.3, 0.4) is 0 Å². The molecule has 88 valence electrons. The molecule has 0 saturated carbocycles. The Balaban J connectivity index is 0. The van der Waals surface area contributed by atoms with Crippen molar-refractivity contribution < 1.29 is 28.6 Å². The van der Waals surface area contributed by atoms with E-state index in [9.17, 15) is 0 Å². The number of hydrogen-bond acceptors (Lipinski definition) is 6. The molecule has 0 radical (unpaired) electrons. The summed E-state index contributed by atoms with van der Waals surface area (Å²) < 4.78 is 8.85. The van der Waals surface area contributed by atoms with Crippen molar-refractivity contribution in [2.75, 3.05) is 0 Å². The lowest BCUT2D eigenvalue weighted by Crippen LogP contribution is -2.09. The molecule has 0 saturated heterocycles. The van der Waals surface area contributed by atoms with Crippen molar-refractivity contribution in [1.29, 1.82) is 0 Å². The van der Waals surface area contributed by atoms with E-state index in [-0.39, 0.29) is 0 Å². The molecule has 0 heterocycles. The summed E-state index contributed by atoms with van der Waals surface area (Å²) in [5.41, 5.74) is 0. The van der Waals surface area contributed by atoms with Crippen molar-refractivity contribution >= 4 is 17.2 Å². The molecule has 14 heavy (non-hydrogen) atoms. The molecule has 0 aliphatic rings. The molecule has 0 unspecified atom stereocenters. The summed E-state index contributed by atoms with van der Waals surface area (Å²) >= 11 is 0. The lowest BCUT2D eigenvalue weighted by molar-refractivity contribution is 0.0300. The van der Waals surface area contributed by atoms with Crippen molar-refractivity contribution in [2.45, 2.75) is 39.9 Å². The summed E-state index contributed by atoms with van der Waals surface area (Å²) in [5.74, 6) is 0. The van der Waals surface area contributed by atoms with Crippen LogP contribution in [0.1, 0.15) is 27.7 Å². The van der Waals surface area contributed by atoms with E-state index in [1.54, 1.807) is 0 Å². The van der Waals surface area contributed by atoms with Crippen LogP contribution in [0.4, 0.5) is 0 Å². The average molecular weight is 248 g/mol. The summed E-state index contributed by atoms with van der Waals surface area (Å²) in [7, 11) is -5.22. The Hall–Kier alpha value is 0.620. The van der Waals surface area contributed by atoms with E-state index >= 15 is 0 Å². The zero-order valence-corrected chi connectivity index (χ0v) is 10.4. The Bertz CT molecular complexity index is 92.9. The van der Waals surface area contributed by atoms with Crippen molar-refractivity contribution in [3.8, 4) is 0 Å². The van der Waals surface area contributed by atoms with Crippen LogP contribution in [0.2, 0.25) is 0 Å². The maximum absolute atomic E-state index is 7.82. The fourth-order valence-electron chi connectivity index (χ4n) is 0.610. The van der Waals surface area contributed by atoms with E-state index in [0.717, 1.165) is 0 Å². The largest absolute Gasteiger partial charge is 0.376 e. The summed E-state index contributed by atoms with van der Waals surface area (Å²) in [5, 5.41) is 0. The molecule has 0 bridgehead atoms. The van der Waals surface area contributed by atoms with Crippen molar-refractivity contribution in [2.24, 2.45) is 0 Å². The van der Waals surface area contributed by atoms with E-state index < -0.39 is 17.2 Å². The van der Waals surface area contributed by atoms with Gasteiger partial charge < -0.3 is 24.3 Å². The molecule has 0 aromatic carbocycles. The fraction of sp³-hybridized carbons (Fsp3) is 1.00. The normalized spacial score (nSPS) is 11.1. The first kappa shape index (κ1) is 17.0.